The molecule has 7 nitrogen and oxygen atoms in total. The lowest BCUT2D eigenvalue weighted by molar-refractivity contribution is -0.131. The SMILES string of the molecule is O=CN(c1cc(-c2ccc(CC(=O)N3CCNCC3)cc2)c2cc[nH]c2n1)C1CC1. The number of aromatic nitrogens is 2. The minimum atomic E-state index is 0.175. The molecule has 1 aliphatic heterocycles. The number of hydrogen-bond acceptors (Lipinski definition) is 4. The van der Waals surface area contributed by atoms with Crippen molar-refractivity contribution in [3.8, 4) is 11.1 Å². The van der Waals surface area contributed by atoms with Gasteiger partial charge in [-0.1, -0.05) is 24.3 Å². The number of carbonyl (C=O) groups excluding carboxylic acids is 2. The van der Waals surface area contributed by atoms with E-state index in [4.69, 9.17) is 0 Å². The van der Waals surface area contributed by atoms with E-state index in [0.717, 1.165) is 73.2 Å². The maximum atomic E-state index is 12.5. The zero-order valence-corrected chi connectivity index (χ0v) is 16.8. The van der Waals surface area contributed by atoms with Gasteiger partial charge in [-0.2, -0.15) is 0 Å². The Balaban J connectivity index is 1.41. The van der Waals surface area contributed by atoms with Crippen molar-refractivity contribution in [1.29, 1.82) is 0 Å². The van der Waals surface area contributed by atoms with Gasteiger partial charge in [0, 0.05) is 43.8 Å². The molecule has 0 atom stereocenters. The lowest BCUT2D eigenvalue weighted by Crippen LogP contribution is -2.46. The molecular formula is C23H25N5O2. The number of piperazine rings is 1. The Hall–Kier alpha value is -3.19. The molecule has 0 unspecified atom stereocenters. The van der Waals surface area contributed by atoms with Crippen molar-refractivity contribution < 1.29 is 9.59 Å². The van der Waals surface area contributed by atoms with Crippen molar-refractivity contribution in [2.45, 2.75) is 25.3 Å². The number of pyridine rings is 1. The Labute approximate surface area is 175 Å². The summed E-state index contributed by atoms with van der Waals surface area (Å²) in [5.41, 5.74) is 3.86. The second-order valence-corrected chi connectivity index (χ2v) is 8.02. The number of aromatic amines is 1. The molecule has 0 spiro atoms. The van der Waals surface area contributed by atoms with E-state index in [1.54, 1.807) is 4.90 Å². The van der Waals surface area contributed by atoms with E-state index in [0.29, 0.717) is 12.2 Å². The van der Waals surface area contributed by atoms with E-state index in [1.165, 1.54) is 0 Å². The van der Waals surface area contributed by atoms with E-state index in [1.807, 2.05) is 47.5 Å². The van der Waals surface area contributed by atoms with Gasteiger partial charge in [0.1, 0.15) is 11.5 Å². The number of rotatable bonds is 6. The lowest BCUT2D eigenvalue weighted by atomic mass is 10.0. The van der Waals surface area contributed by atoms with Gasteiger partial charge in [-0.3, -0.25) is 14.5 Å². The molecule has 2 aliphatic rings. The first kappa shape index (κ1) is 18.8. The number of carbonyl (C=O) groups is 2. The third-order valence-electron chi connectivity index (χ3n) is 5.92. The Morgan fingerprint density at radius 2 is 1.93 bits per heavy atom. The number of fused-ring (bicyclic) bond motifs is 1. The van der Waals surface area contributed by atoms with Crippen molar-refractivity contribution >= 4 is 29.2 Å². The summed E-state index contributed by atoms with van der Waals surface area (Å²) in [4.78, 5) is 35.6. The normalized spacial score (nSPS) is 16.6. The molecule has 1 aliphatic carbocycles. The monoisotopic (exact) mass is 403 g/mol. The molecule has 0 radical (unpaired) electrons. The van der Waals surface area contributed by atoms with Crippen molar-refractivity contribution in [2.75, 3.05) is 31.1 Å². The van der Waals surface area contributed by atoms with Crippen LogP contribution in [0.25, 0.3) is 22.2 Å². The molecule has 5 rings (SSSR count). The Morgan fingerprint density at radius 3 is 2.63 bits per heavy atom. The zero-order valence-electron chi connectivity index (χ0n) is 16.8. The highest BCUT2D eigenvalue weighted by atomic mass is 16.2. The molecule has 2 fully saturated rings. The molecule has 30 heavy (non-hydrogen) atoms. The minimum Gasteiger partial charge on any atom is -0.346 e. The molecule has 1 saturated carbocycles. The predicted octanol–water partition coefficient (Wildman–Crippen LogP) is 2.33. The van der Waals surface area contributed by atoms with Gasteiger partial charge in [-0.15, -0.1) is 0 Å². The largest absolute Gasteiger partial charge is 0.346 e. The minimum absolute atomic E-state index is 0.175. The average molecular weight is 403 g/mol. The van der Waals surface area contributed by atoms with Crippen LogP contribution < -0.4 is 10.2 Å². The molecular weight excluding hydrogens is 378 g/mol. The number of nitrogens with one attached hydrogen (secondary N) is 2. The highest BCUT2D eigenvalue weighted by Gasteiger charge is 2.30. The van der Waals surface area contributed by atoms with Crippen LogP contribution in [-0.2, 0) is 16.0 Å². The lowest BCUT2D eigenvalue weighted by Gasteiger charge is -2.27. The molecule has 1 aromatic carbocycles. The van der Waals surface area contributed by atoms with Gasteiger partial charge in [0.25, 0.3) is 0 Å². The standard InChI is InChI=1S/C23H25N5O2/c29-15-28(18-5-6-18)21-14-20(19-7-8-25-23(19)26-21)17-3-1-16(2-4-17)13-22(30)27-11-9-24-10-12-27/h1-4,7-8,14-15,18,24H,5-6,9-13H2,(H,25,26). The van der Waals surface area contributed by atoms with Gasteiger partial charge < -0.3 is 15.2 Å². The number of anilines is 1. The summed E-state index contributed by atoms with van der Waals surface area (Å²) in [5.74, 6) is 0.852. The molecule has 154 valence electrons. The molecule has 3 heterocycles. The van der Waals surface area contributed by atoms with Crippen LogP contribution in [0, 0.1) is 0 Å². The summed E-state index contributed by atoms with van der Waals surface area (Å²) in [5, 5.41) is 4.29. The Bertz CT molecular complexity index is 1060. The Morgan fingerprint density at radius 1 is 1.17 bits per heavy atom. The first-order chi connectivity index (χ1) is 14.7. The number of hydrogen-bond donors (Lipinski definition) is 2. The summed E-state index contributed by atoms with van der Waals surface area (Å²) in [7, 11) is 0. The maximum Gasteiger partial charge on any atom is 0.227 e. The molecule has 0 bridgehead atoms. The smallest absolute Gasteiger partial charge is 0.227 e. The van der Waals surface area contributed by atoms with E-state index in [2.05, 4.69) is 15.3 Å². The van der Waals surface area contributed by atoms with Crippen LogP contribution in [0.3, 0.4) is 0 Å². The highest BCUT2D eigenvalue weighted by molar-refractivity contribution is 5.96. The second kappa shape index (κ2) is 7.91. The van der Waals surface area contributed by atoms with Crippen LogP contribution in [-0.4, -0.2) is 59.4 Å². The van der Waals surface area contributed by atoms with Crippen LogP contribution in [0.1, 0.15) is 18.4 Å². The van der Waals surface area contributed by atoms with E-state index >= 15 is 0 Å². The van der Waals surface area contributed by atoms with Gasteiger partial charge in [0.05, 0.1) is 6.42 Å². The first-order valence-corrected chi connectivity index (χ1v) is 10.5. The molecule has 2 aromatic heterocycles. The van der Waals surface area contributed by atoms with Crippen molar-refractivity contribution in [3.05, 3.63) is 48.2 Å². The number of amides is 2. The summed E-state index contributed by atoms with van der Waals surface area (Å²) in [6, 6.07) is 12.4. The molecule has 3 aromatic rings. The van der Waals surface area contributed by atoms with E-state index in [9.17, 15) is 9.59 Å². The number of H-pyrrole nitrogens is 1. The summed E-state index contributed by atoms with van der Waals surface area (Å²) < 4.78 is 0. The summed E-state index contributed by atoms with van der Waals surface area (Å²) in [6.45, 7) is 3.27. The third kappa shape index (κ3) is 3.68. The van der Waals surface area contributed by atoms with E-state index < -0.39 is 0 Å². The molecule has 2 N–H and O–H groups in total. The average Bonchev–Trinajstić information content (AvgIpc) is 3.50. The fourth-order valence-electron chi connectivity index (χ4n) is 4.08. The van der Waals surface area contributed by atoms with Crippen LogP contribution in [0.2, 0.25) is 0 Å². The van der Waals surface area contributed by atoms with Crippen molar-refractivity contribution in [3.63, 3.8) is 0 Å². The summed E-state index contributed by atoms with van der Waals surface area (Å²) in [6.07, 6.45) is 5.21. The second-order valence-electron chi connectivity index (χ2n) is 8.02. The number of benzene rings is 1. The summed E-state index contributed by atoms with van der Waals surface area (Å²) >= 11 is 0. The third-order valence-corrected chi connectivity index (χ3v) is 5.92. The molecule has 7 heteroatoms. The van der Waals surface area contributed by atoms with E-state index in [-0.39, 0.29) is 11.9 Å². The fourth-order valence-corrected chi connectivity index (χ4v) is 4.08. The van der Waals surface area contributed by atoms with Gasteiger partial charge >= 0.3 is 0 Å². The van der Waals surface area contributed by atoms with Crippen molar-refractivity contribution in [2.24, 2.45) is 0 Å². The van der Waals surface area contributed by atoms with Crippen LogP contribution in [0.4, 0.5) is 5.82 Å². The van der Waals surface area contributed by atoms with Gasteiger partial charge in [0.2, 0.25) is 12.3 Å². The Kier molecular flexibility index (Phi) is 4.96. The maximum absolute atomic E-state index is 12.5. The zero-order chi connectivity index (χ0) is 20.5. The first-order valence-electron chi connectivity index (χ1n) is 10.5. The van der Waals surface area contributed by atoms with Gasteiger partial charge in [0.15, 0.2) is 0 Å². The van der Waals surface area contributed by atoms with Crippen molar-refractivity contribution in [1.82, 2.24) is 20.2 Å². The van der Waals surface area contributed by atoms with Gasteiger partial charge in [-0.05, 0) is 41.7 Å². The number of nitrogens with zero attached hydrogens (tertiary/aromatic N) is 3. The highest BCUT2D eigenvalue weighted by Crippen LogP contribution is 2.35. The fraction of sp³-hybridized carbons (Fsp3) is 0.348. The van der Waals surface area contributed by atoms with Crippen LogP contribution in [0.5, 0.6) is 0 Å². The molecule has 1 saturated heterocycles. The topological polar surface area (TPSA) is 81.3 Å². The van der Waals surface area contributed by atoms with Gasteiger partial charge in [-0.25, -0.2) is 4.98 Å². The molecule has 2 amide bonds. The quantitative estimate of drug-likeness (QED) is 0.619. The van der Waals surface area contributed by atoms with Crippen LogP contribution >= 0.6 is 0 Å². The predicted molar refractivity (Wildman–Crippen MR) is 116 cm³/mol. The van der Waals surface area contributed by atoms with Crippen LogP contribution in [0.15, 0.2) is 42.6 Å².